The van der Waals surface area contributed by atoms with Gasteiger partial charge in [-0.3, -0.25) is 13.8 Å². The Bertz CT molecular complexity index is 552. The van der Waals surface area contributed by atoms with Crippen LogP contribution in [0.25, 0.3) is 0 Å². The summed E-state index contributed by atoms with van der Waals surface area (Å²) in [6.07, 6.45) is 0.659. The van der Waals surface area contributed by atoms with Gasteiger partial charge in [-0.05, 0) is 20.8 Å². The zero-order chi connectivity index (χ0) is 14.8. The fourth-order valence-electron chi connectivity index (χ4n) is 1.72. The summed E-state index contributed by atoms with van der Waals surface area (Å²) in [7, 11) is -3.61. The van der Waals surface area contributed by atoms with Crippen LogP contribution in [-0.4, -0.2) is 18.0 Å². The first-order valence-electron chi connectivity index (χ1n) is 6.34. The van der Waals surface area contributed by atoms with Crippen molar-refractivity contribution in [2.24, 2.45) is 0 Å². The zero-order valence-electron chi connectivity index (χ0n) is 11.6. The van der Waals surface area contributed by atoms with Gasteiger partial charge in [-0.15, -0.1) is 0 Å². The highest BCUT2D eigenvalue weighted by Gasteiger charge is 2.43. The fraction of sp³-hybridized carbons (Fsp3) is 0.357. The van der Waals surface area contributed by atoms with E-state index >= 15 is 0 Å². The van der Waals surface area contributed by atoms with Crippen molar-refractivity contribution in [1.82, 2.24) is 0 Å². The quantitative estimate of drug-likeness (QED) is 0.367. The Morgan fingerprint density at radius 2 is 1.75 bits per heavy atom. The molecule has 0 radical (unpaired) electrons. The number of phosphoric ester groups is 1. The minimum Gasteiger partial charge on any atom is -0.409 e. The van der Waals surface area contributed by atoms with Gasteiger partial charge in [0.2, 0.25) is 0 Å². The van der Waals surface area contributed by atoms with Crippen molar-refractivity contribution >= 4 is 13.6 Å². The van der Waals surface area contributed by atoms with Crippen LogP contribution >= 0.6 is 7.82 Å². The molecule has 1 aromatic carbocycles. The number of hydrogen-bond acceptors (Lipinski definition) is 5. The van der Waals surface area contributed by atoms with Crippen molar-refractivity contribution in [3.05, 3.63) is 47.7 Å². The van der Waals surface area contributed by atoms with Crippen molar-refractivity contribution < 1.29 is 22.9 Å². The monoisotopic (exact) mass is 296 g/mol. The van der Waals surface area contributed by atoms with E-state index in [0.717, 1.165) is 0 Å². The summed E-state index contributed by atoms with van der Waals surface area (Å²) in [4.78, 5) is 11.9. The number of phosphoric acid groups is 1. The Morgan fingerprint density at radius 3 is 2.30 bits per heavy atom. The molecule has 6 heteroatoms. The number of benzene rings is 1. The average molecular weight is 296 g/mol. The average Bonchev–Trinajstić information content (AvgIpc) is 2.63. The summed E-state index contributed by atoms with van der Waals surface area (Å²) in [6, 6.07) is 8.75. The molecular weight excluding hydrogens is 279 g/mol. The maximum absolute atomic E-state index is 12.1. The van der Waals surface area contributed by atoms with E-state index < -0.39 is 7.82 Å². The molecule has 0 saturated carbocycles. The third-order valence-corrected chi connectivity index (χ3v) is 4.59. The lowest BCUT2D eigenvalue weighted by molar-refractivity contribution is 0.104. The molecule has 0 amide bonds. The minimum absolute atomic E-state index is 0.198. The van der Waals surface area contributed by atoms with Crippen LogP contribution in [0.4, 0.5) is 0 Å². The van der Waals surface area contributed by atoms with Crippen LogP contribution in [0.15, 0.2) is 42.2 Å². The first-order chi connectivity index (χ1) is 9.39. The molecule has 2 unspecified atom stereocenters. The highest BCUT2D eigenvalue weighted by molar-refractivity contribution is 7.48. The number of rotatable bonds is 4. The molecule has 20 heavy (non-hydrogen) atoms. The molecule has 1 heterocycles. The molecule has 1 saturated heterocycles. The topological polar surface area (TPSA) is 61.8 Å². The third-order valence-electron chi connectivity index (χ3n) is 2.90. The number of carbonyl (C=O) groups excluding carboxylic acids is 1. The molecule has 1 aromatic rings. The smallest absolute Gasteiger partial charge is 0.409 e. The summed E-state index contributed by atoms with van der Waals surface area (Å²) < 4.78 is 27.7. The molecule has 1 aliphatic heterocycles. The van der Waals surface area contributed by atoms with Crippen LogP contribution < -0.4 is 0 Å². The summed E-state index contributed by atoms with van der Waals surface area (Å²) in [6.45, 7) is 5.05. The SMILES string of the molecule is C/C(=C\C(=O)c1ccccc1)OP1(=O)OC(C)C(C)O1. The summed E-state index contributed by atoms with van der Waals surface area (Å²) in [5.74, 6) is -0.0292. The van der Waals surface area contributed by atoms with Crippen molar-refractivity contribution in [1.29, 1.82) is 0 Å². The van der Waals surface area contributed by atoms with Gasteiger partial charge in [-0.25, -0.2) is 4.57 Å². The second-order valence-electron chi connectivity index (χ2n) is 4.64. The third kappa shape index (κ3) is 3.57. The Balaban J connectivity index is 2.05. The summed E-state index contributed by atoms with van der Waals surface area (Å²) >= 11 is 0. The van der Waals surface area contributed by atoms with E-state index in [1.165, 1.54) is 6.08 Å². The zero-order valence-corrected chi connectivity index (χ0v) is 12.5. The maximum atomic E-state index is 12.1. The van der Waals surface area contributed by atoms with Crippen molar-refractivity contribution in [2.75, 3.05) is 0 Å². The first kappa shape index (κ1) is 15.0. The molecule has 2 rings (SSSR count). The largest absolute Gasteiger partial charge is 0.530 e. The van der Waals surface area contributed by atoms with E-state index in [9.17, 15) is 9.36 Å². The molecule has 0 N–H and O–H groups in total. The lowest BCUT2D eigenvalue weighted by atomic mass is 10.1. The maximum Gasteiger partial charge on any atom is 0.530 e. The fourth-order valence-corrected chi connectivity index (χ4v) is 3.42. The van der Waals surface area contributed by atoms with Crippen LogP contribution in [-0.2, 0) is 18.1 Å². The predicted molar refractivity (Wildman–Crippen MR) is 74.3 cm³/mol. The standard InChI is InChI=1S/C14H17O5P/c1-10(9-14(15)13-7-5-4-6-8-13)17-20(16)18-11(2)12(3)19-20/h4-9,11-12H,1-3H3/b10-9+. The van der Waals surface area contributed by atoms with Gasteiger partial charge in [0.15, 0.2) is 5.78 Å². The van der Waals surface area contributed by atoms with Gasteiger partial charge < -0.3 is 4.52 Å². The second kappa shape index (κ2) is 5.92. The van der Waals surface area contributed by atoms with Crippen molar-refractivity contribution in [2.45, 2.75) is 33.0 Å². The minimum atomic E-state index is -3.61. The molecule has 0 spiro atoms. The second-order valence-corrected chi connectivity index (χ2v) is 6.14. The van der Waals surface area contributed by atoms with Gasteiger partial charge in [0, 0.05) is 11.6 Å². The van der Waals surface area contributed by atoms with Crippen LogP contribution in [0.1, 0.15) is 31.1 Å². The number of carbonyl (C=O) groups is 1. The Morgan fingerprint density at radius 1 is 1.20 bits per heavy atom. The molecule has 0 aliphatic carbocycles. The van der Waals surface area contributed by atoms with Crippen molar-refractivity contribution in [3.8, 4) is 0 Å². The number of hydrogen-bond donors (Lipinski definition) is 0. The van der Waals surface area contributed by atoms with E-state index in [2.05, 4.69) is 0 Å². The van der Waals surface area contributed by atoms with Crippen LogP contribution in [0.5, 0.6) is 0 Å². The molecule has 5 nitrogen and oxygen atoms in total. The summed E-state index contributed by atoms with van der Waals surface area (Å²) in [5.41, 5.74) is 0.531. The number of allylic oxidation sites excluding steroid dienone is 2. The lowest BCUT2D eigenvalue weighted by Gasteiger charge is -2.11. The van der Waals surface area contributed by atoms with E-state index in [4.69, 9.17) is 13.6 Å². The van der Waals surface area contributed by atoms with Gasteiger partial charge in [-0.1, -0.05) is 30.3 Å². The molecule has 2 atom stereocenters. The van der Waals surface area contributed by atoms with E-state index in [1.807, 2.05) is 6.07 Å². The molecule has 1 aliphatic rings. The van der Waals surface area contributed by atoms with Crippen LogP contribution in [0.3, 0.4) is 0 Å². The number of ketones is 1. The molecule has 108 valence electrons. The van der Waals surface area contributed by atoms with Gasteiger partial charge in [0.05, 0.1) is 12.2 Å². The van der Waals surface area contributed by atoms with E-state index in [1.54, 1.807) is 45.0 Å². The first-order valence-corrected chi connectivity index (χ1v) is 7.80. The molecular formula is C14H17O5P. The Labute approximate surface area is 118 Å². The Kier molecular flexibility index (Phi) is 4.43. The molecule has 1 fully saturated rings. The van der Waals surface area contributed by atoms with Gasteiger partial charge >= 0.3 is 7.82 Å². The predicted octanol–water partition coefficient (Wildman–Crippen LogP) is 3.72. The molecule has 0 bridgehead atoms. The lowest BCUT2D eigenvalue weighted by Crippen LogP contribution is -2.13. The highest BCUT2D eigenvalue weighted by atomic mass is 31.2. The van der Waals surface area contributed by atoms with Crippen LogP contribution in [0, 0.1) is 0 Å². The highest BCUT2D eigenvalue weighted by Crippen LogP contribution is 2.58. The summed E-state index contributed by atoms with van der Waals surface area (Å²) in [5, 5.41) is 0. The molecule has 0 aromatic heterocycles. The van der Waals surface area contributed by atoms with Gasteiger partial charge in [-0.2, -0.15) is 0 Å². The van der Waals surface area contributed by atoms with E-state index in [0.29, 0.717) is 5.56 Å². The Hall–Kier alpha value is -1.42. The normalized spacial score (nSPS) is 30.2. The van der Waals surface area contributed by atoms with Crippen LogP contribution in [0.2, 0.25) is 0 Å². The van der Waals surface area contributed by atoms with Crippen molar-refractivity contribution in [3.63, 3.8) is 0 Å². The van der Waals surface area contributed by atoms with Gasteiger partial charge in [0.25, 0.3) is 0 Å². The van der Waals surface area contributed by atoms with Gasteiger partial charge in [0.1, 0.15) is 5.76 Å². The van der Waals surface area contributed by atoms with E-state index in [-0.39, 0.29) is 23.8 Å².